The van der Waals surface area contributed by atoms with Crippen LogP contribution in [0.4, 0.5) is 0 Å². The number of hydrogen-bond acceptors (Lipinski definition) is 6. The molecular formula is C24H49N3O3. The van der Waals surface area contributed by atoms with E-state index < -0.39 is 0 Å². The molecule has 4 saturated heterocycles. The van der Waals surface area contributed by atoms with Gasteiger partial charge in [-0.3, -0.25) is 14.7 Å². The highest BCUT2D eigenvalue weighted by Crippen LogP contribution is 2.28. The van der Waals surface area contributed by atoms with Crippen molar-refractivity contribution in [3.05, 3.63) is 0 Å². The smallest absolute Gasteiger partial charge is 0.0707 e. The average molecular weight is 428 g/mol. The predicted octanol–water partition coefficient (Wildman–Crippen LogP) is 3.10. The van der Waals surface area contributed by atoms with E-state index in [-0.39, 0.29) is 7.43 Å². The third kappa shape index (κ3) is 8.03. The molecule has 4 aliphatic rings. The van der Waals surface area contributed by atoms with Crippen molar-refractivity contribution >= 4 is 0 Å². The zero-order chi connectivity index (χ0) is 20.8. The molecule has 4 heterocycles. The van der Waals surface area contributed by atoms with E-state index in [0.717, 1.165) is 51.5 Å². The summed E-state index contributed by atoms with van der Waals surface area (Å²) in [6, 6.07) is 1.62. The number of nitrogens with zero attached hydrogens (tertiary/aromatic N) is 3. The highest BCUT2D eigenvalue weighted by molar-refractivity contribution is 4.93. The van der Waals surface area contributed by atoms with E-state index in [1.165, 1.54) is 38.8 Å². The summed E-state index contributed by atoms with van der Waals surface area (Å²) in [5.74, 6) is 0. The van der Waals surface area contributed by atoms with Crippen molar-refractivity contribution in [2.75, 3.05) is 59.5 Å². The number of piperazine rings is 1. The molecule has 4 aliphatic heterocycles. The van der Waals surface area contributed by atoms with Gasteiger partial charge < -0.3 is 14.2 Å². The van der Waals surface area contributed by atoms with E-state index in [4.69, 9.17) is 14.2 Å². The molecule has 0 aromatic rings. The van der Waals surface area contributed by atoms with Gasteiger partial charge in [-0.15, -0.1) is 0 Å². The van der Waals surface area contributed by atoms with Crippen LogP contribution in [0.25, 0.3) is 0 Å². The maximum atomic E-state index is 5.77. The van der Waals surface area contributed by atoms with Crippen molar-refractivity contribution in [1.29, 1.82) is 0 Å². The van der Waals surface area contributed by atoms with Crippen LogP contribution in [0.3, 0.4) is 0 Å². The molecule has 4 rings (SSSR count). The molecule has 4 fully saturated rings. The summed E-state index contributed by atoms with van der Waals surface area (Å²) in [6.07, 6.45) is 7.03. The normalized spacial score (nSPS) is 31.7. The molecular weight excluding hydrogens is 378 g/mol. The lowest BCUT2D eigenvalue weighted by Gasteiger charge is -2.38. The van der Waals surface area contributed by atoms with Crippen LogP contribution in [0.1, 0.15) is 60.8 Å². The molecule has 0 amide bonds. The fourth-order valence-electron chi connectivity index (χ4n) is 5.10. The number of fused-ring (bicyclic) bond motifs is 4. The van der Waals surface area contributed by atoms with Gasteiger partial charge >= 0.3 is 0 Å². The molecule has 0 aromatic carbocycles. The lowest BCUT2D eigenvalue weighted by molar-refractivity contribution is -0.0483. The average Bonchev–Trinajstić information content (AvgIpc) is 3.08. The summed E-state index contributed by atoms with van der Waals surface area (Å²) in [5, 5.41) is 0. The van der Waals surface area contributed by atoms with Gasteiger partial charge in [0, 0.05) is 51.4 Å². The molecule has 4 bridgehead atoms. The Kier molecular flexibility index (Phi) is 11.0. The molecule has 0 spiro atoms. The minimum Gasteiger partial charge on any atom is -0.377 e. The molecule has 0 aliphatic carbocycles. The van der Waals surface area contributed by atoms with Crippen molar-refractivity contribution in [3.63, 3.8) is 0 Å². The lowest BCUT2D eigenvalue weighted by atomic mass is 10.2. The van der Waals surface area contributed by atoms with Gasteiger partial charge in [-0.25, -0.2) is 0 Å². The first-order chi connectivity index (χ1) is 13.9. The molecule has 0 aromatic heterocycles. The number of hydrogen-bond donors (Lipinski definition) is 0. The van der Waals surface area contributed by atoms with Crippen molar-refractivity contribution in [2.45, 2.75) is 97.3 Å². The van der Waals surface area contributed by atoms with Gasteiger partial charge in [-0.1, -0.05) is 7.43 Å². The lowest BCUT2D eigenvalue weighted by Crippen LogP contribution is -2.52. The van der Waals surface area contributed by atoms with Gasteiger partial charge in [-0.2, -0.15) is 0 Å². The Balaban J connectivity index is 0.000000207. The summed E-state index contributed by atoms with van der Waals surface area (Å²) in [6.45, 7) is 17.0. The van der Waals surface area contributed by atoms with Crippen molar-refractivity contribution in [2.24, 2.45) is 0 Å². The number of ether oxygens (including phenoxy) is 3. The van der Waals surface area contributed by atoms with E-state index >= 15 is 0 Å². The molecule has 6 heteroatoms. The largest absolute Gasteiger partial charge is 0.377 e. The Bertz CT molecular complexity index is 451. The minimum atomic E-state index is 0. The summed E-state index contributed by atoms with van der Waals surface area (Å²) in [4.78, 5) is 7.62. The van der Waals surface area contributed by atoms with Gasteiger partial charge in [0.1, 0.15) is 0 Å². The highest BCUT2D eigenvalue weighted by atomic mass is 16.5. The van der Waals surface area contributed by atoms with E-state index in [0.29, 0.717) is 24.4 Å². The van der Waals surface area contributed by atoms with Gasteiger partial charge in [0.05, 0.1) is 37.6 Å². The van der Waals surface area contributed by atoms with E-state index in [9.17, 15) is 0 Å². The van der Waals surface area contributed by atoms with Crippen LogP contribution in [-0.4, -0.2) is 111 Å². The SMILES string of the molecule is C.CC(C)OCCN1CC2CCC(C1)N2C.CC(C)OCCN1CC2CCC(C1)O2. The summed E-state index contributed by atoms with van der Waals surface area (Å²) in [5.41, 5.74) is 0. The standard InChI is InChI=1S/C12H24N2O.C11H21NO2.CH4/c1-10(2)15-7-6-14-8-11-4-5-12(9-14)13(11)3;1-9(2)13-6-5-12-7-10-3-4-11(8-12)14-10;/h10-12H,4-9H2,1-3H3;9-11H,3-8H2,1-2H3;1H4. The first-order valence-corrected chi connectivity index (χ1v) is 12.0. The maximum Gasteiger partial charge on any atom is 0.0707 e. The van der Waals surface area contributed by atoms with Crippen LogP contribution >= 0.6 is 0 Å². The van der Waals surface area contributed by atoms with Crippen molar-refractivity contribution in [1.82, 2.24) is 14.7 Å². The van der Waals surface area contributed by atoms with Crippen LogP contribution in [0.5, 0.6) is 0 Å². The molecule has 178 valence electrons. The van der Waals surface area contributed by atoms with Crippen LogP contribution in [-0.2, 0) is 14.2 Å². The number of rotatable bonds is 8. The Morgan fingerprint density at radius 2 is 1.17 bits per heavy atom. The van der Waals surface area contributed by atoms with Crippen LogP contribution in [0, 0.1) is 0 Å². The molecule has 0 saturated carbocycles. The fourth-order valence-corrected chi connectivity index (χ4v) is 5.10. The monoisotopic (exact) mass is 427 g/mol. The Morgan fingerprint density at radius 3 is 1.60 bits per heavy atom. The second kappa shape index (κ2) is 12.7. The summed E-state index contributed by atoms with van der Waals surface area (Å²) in [7, 11) is 2.28. The molecule has 4 unspecified atom stereocenters. The Morgan fingerprint density at radius 1 is 0.733 bits per heavy atom. The van der Waals surface area contributed by atoms with Crippen LogP contribution in [0.15, 0.2) is 0 Å². The van der Waals surface area contributed by atoms with Crippen molar-refractivity contribution in [3.8, 4) is 0 Å². The van der Waals surface area contributed by atoms with E-state index in [1.54, 1.807) is 0 Å². The number of morpholine rings is 1. The molecule has 30 heavy (non-hydrogen) atoms. The first kappa shape index (κ1) is 26.0. The van der Waals surface area contributed by atoms with E-state index in [1.807, 2.05) is 0 Å². The molecule has 0 radical (unpaired) electrons. The maximum absolute atomic E-state index is 5.77. The van der Waals surface area contributed by atoms with Gasteiger partial charge in [-0.05, 0) is 60.4 Å². The van der Waals surface area contributed by atoms with Gasteiger partial charge in [0.25, 0.3) is 0 Å². The van der Waals surface area contributed by atoms with Gasteiger partial charge in [0.15, 0.2) is 0 Å². The number of likely N-dealkylation sites (N-methyl/N-ethyl adjacent to an activating group) is 1. The fraction of sp³-hybridized carbons (Fsp3) is 1.00. The first-order valence-electron chi connectivity index (χ1n) is 12.0. The third-order valence-electron chi connectivity index (χ3n) is 6.76. The molecule has 6 nitrogen and oxygen atoms in total. The summed E-state index contributed by atoms with van der Waals surface area (Å²) < 4.78 is 16.9. The Hall–Kier alpha value is -0.240. The molecule has 4 atom stereocenters. The summed E-state index contributed by atoms with van der Waals surface area (Å²) >= 11 is 0. The highest BCUT2D eigenvalue weighted by Gasteiger charge is 2.37. The Labute approximate surface area is 186 Å². The zero-order valence-electron chi connectivity index (χ0n) is 19.5. The van der Waals surface area contributed by atoms with Crippen LogP contribution < -0.4 is 0 Å². The topological polar surface area (TPSA) is 37.4 Å². The second-order valence-corrected chi connectivity index (χ2v) is 9.87. The quantitative estimate of drug-likeness (QED) is 0.593. The third-order valence-corrected chi connectivity index (χ3v) is 6.76. The van der Waals surface area contributed by atoms with Crippen molar-refractivity contribution < 1.29 is 14.2 Å². The minimum absolute atomic E-state index is 0. The predicted molar refractivity (Wildman–Crippen MR) is 124 cm³/mol. The second-order valence-electron chi connectivity index (χ2n) is 9.87. The number of likely N-dealkylation sites (tertiary alicyclic amines) is 2. The van der Waals surface area contributed by atoms with E-state index in [2.05, 4.69) is 49.4 Å². The van der Waals surface area contributed by atoms with Gasteiger partial charge in [0.2, 0.25) is 0 Å². The zero-order valence-corrected chi connectivity index (χ0v) is 19.5. The molecule has 0 N–H and O–H groups in total. The van der Waals surface area contributed by atoms with Crippen LogP contribution in [0.2, 0.25) is 0 Å².